The molecule has 0 N–H and O–H groups in total. The number of anilines is 1. The second-order valence-corrected chi connectivity index (χ2v) is 10.1. The quantitative estimate of drug-likeness (QED) is 0.311. The molecule has 2 aliphatic heterocycles. The molecule has 4 aromatic rings. The van der Waals surface area contributed by atoms with Gasteiger partial charge in [0, 0.05) is 29.8 Å². The fourth-order valence-electron chi connectivity index (χ4n) is 5.97. The fraction of sp³-hybridized carbons (Fsp3) is 0.219. The van der Waals surface area contributed by atoms with Gasteiger partial charge < -0.3 is 4.90 Å². The summed E-state index contributed by atoms with van der Waals surface area (Å²) >= 11 is 0. The molecule has 0 bridgehead atoms. The van der Waals surface area contributed by atoms with Crippen molar-refractivity contribution in [3.8, 4) is 11.1 Å². The van der Waals surface area contributed by atoms with Crippen LogP contribution < -0.4 is 4.90 Å². The van der Waals surface area contributed by atoms with Gasteiger partial charge in [-0.05, 0) is 84.6 Å². The van der Waals surface area contributed by atoms with E-state index in [1.165, 1.54) is 34.9 Å². The van der Waals surface area contributed by atoms with Crippen molar-refractivity contribution >= 4 is 11.6 Å². The summed E-state index contributed by atoms with van der Waals surface area (Å²) in [5, 5.41) is 0. The highest BCUT2D eigenvalue weighted by atomic mass is 19.1. The molecule has 4 aromatic carbocycles. The van der Waals surface area contributed by atoms with Gasteiger partial charge in [0.2, 0.25) is 0 Å². The minimum Gasteiger partial charge on any atom is -0.307 e. The third-order valence-electron chi connectivity index (χ3n) is 7.91. The molecule has 3 nitrogen and oxygen atoms in total. The van der Waals surface area contributed by atoms with Crippen molar-refractivity contribution in [2.24, 2.45) is 0 Å². The maximum Gasteiger partial charge on any atom is 0.258 e. The first-order valence-corrected chi connectivity index (χ1v) is 12.8. The summed E-state index contributed by atoms with van der Waals surface area (Å²) in [5.41, 5.74) is 5.35. The number of rotatable bonds is 4. The minimum atomic E-state index is -0.441. The van der Waals surface area contributed by atoms with E-state index in [1.54, 1.807) is 29.2 Å². The minimum absolute atomic E-state index is 0.247. The Kier molecular flexibility index (Phi) is 6.09. The molecule has 1 spiro atoms. The Hall–Kier alpha value is -3.83. The summed E-state index contributed by atoms with van der Waals surface area (Å²) in [5.74, 6) is -0.982. The van der Waals surface area contributed by atoms with Crippen LogP contribution in [0.15, 0.2) is 97.1 Å². The number of carbonyl (C=O) groups is 1. The molecule has 0 unspecified atom stereocenters. The lowest BCUT2D eigenvalue weighted by molar-refractivity contribution is 0.0975. The van der Waals surface area contributed by atoms with Gasteiger partial charge in [0.25, 0.3) is 5.91 Å². The van der Waals surface area contributed by atoms with Crippen LogP contribution in [-0.4, -0.2) is 30.4 Å². The molecular formula is C32H28F2N2O. The molecule has 6 rings (SSSR count). The second kappa shape index (κ2) is 9.56. The van der Waals surface area contributed by atoms with Gasteiger partial charge in [0.05, 0.1) is 0 Å². The summed E-state index contributed by atoms with van der Waals surface area (Å²) in [6.45, 7) is 3.01. The Morgan fingerprint density at radius 1 is 0.784 bits per heavy atom. The van der Waals surface area contributed by atoms with Crippen LogP contribution in [0.5, 0.6) is 0 Å². The first kappa shape index (κ1) is 23.6. The van der Waals surface area contributed by atoms with Crippen LogP contribution in [0.25, 0.3) is 11.1 Å². The second-order valence-electron chi connectivity index (χ2n) is 10.1. The van der Waals surface area contributed by atoms with Crippen LogP contribution in [0.3, 0.4) is 0 Å². The van der Waals surface area contributed by atoms with Gasteiger partial charge in [-0.1, -0.05) is 60.7 Å². The number of benzene rings is 4. The van der Waals surface area contributed by atoms with Crippen LogP contribution >= 0.6 is 0 Å². The molecule has 0 atom stereocenters. The molecule has 1 amide bonds. The molecule has 0 aliphatic carbocycles. The number of carbonyl (C=O) groups excluding carboxylic acids is 1. The number of likely N-dealkylation sites (tertiary alicyclic amines) is 1. The van der Waals surface area contributed by atoms with Crippen LogP contribution in [0.1, 0.15) is 34.3 Å². The smallest absolute Gasteiger partial charge is 0.258 e. The predicted octanol–water partition coefficient (Wildman–Crippen LogP) is 6.83. The Bertz CT molecular complexity index is 1440. The summed E-state index contributed by atoms with van der Waals surface area (Å²) in [6.07, 6.45) is 1.65. The van der Waals surface area contributed by atoms with E-state index in [4.69, 9.17) is 0 Å². The van der Waals surface area contributed by atoms with Crippen LogP contribution in [0, 0.1) is 11.6 Å². The average Bonchev–Trinajstić information content (AvgIpc) is 3.23. The number of piperidine rings is 1. The fourth-order valence-corrected chi connectivity index (χ4v) is 5.97. The highest BCUT2D eigenvalue weighted by molar-refractivity contribution is 6.07. The first-order chi connectivity index (χ1) is 18.0. The summed E-state index contributed by atoms with van der Waals surface area (Å²) < 4.78 is 28.3. The van der Waals surface area contributed by atoms with Crippen molar-refractivity contribution in [3.05, 3.63) is 125 Å². The zero-order chi connectivity index (χ0) is 25.4. The lowest BCUT2D eigenvalue weighted by atomic mass is 9.74. The van der Waals surface area contributed by atoms with E-state index in [0.29, 0.717) is 12.1 Å². The van der Waals surface area contributed by atoms with Gasteiger partial charge in [0.15, 0.2) is 0 Å². The number of hydrogen-bond acceptors (Lipinski definition) is 2. The summed E-state index contributed by atoms with van der Waals surface area (Å²) in [4.78, 5) is 17.6. The van der Waals surface area contributed by atoms with Gasteiger partial charge in [-0.25, -0.2) is 8.78 Å². The van der Waals surface area contributed by atoms with Crippen LogP contribution in [0.2, 0.25) is 0 Å². The first-order valence-electron chi connectivity index (χ1n) is 12.8. The van der Waals surface area contributed by atoms with Crippen LogP contribution in [0.4, 0.5) is 14.5 Å². The van der Waals surface area contributed by atoms with Gasteiger partial charge in [-0.2, -0.15) is 0 Å². The lowest BCUT2D eigenvalue weighted by Crippen LogP contribution is -2.45. The maximum atomic E-state index is 14.4. The maximum absolute atomic E-state index is 14.4. The molecule has 0 aromatic heterocycles. The lowest BCUT2D eigenvalue weighted by Gasteiger charge is -2.40. The van der Waals surface area contributed by atoms with Crippen LogP contribution in [-0.2, 0) is 12.0 Å². The highest BCUT2D eigenvalue weighted by Gasteiger charge is 2.46. The topological polar surface area (TPSA) is 23.6 Å². The van der Waals surface area contributed by atoms with E-state index in [1.807, 2.05) is 6.07 Å². The van der Waals surface area contributed by atoms with E-state index in [2.05, 4.69) is 53.4 Å². The molecule has 0 saturated carbocycles. The van der Waals surface area contributed by atoms with Crippen molar-refractivity contribution in [2.75, 3.05) is 24.5 Å². The highest BCUT2D eigenvalue weighted by Crippen LogP contribution is 2.48. The summed E-state index contributed by atoms with van der Waals surface area (Å²) in [6, 6.07) is 29.4. The van der Waals surface area contributed by atoms with E-state index in [9.17, 15) is 13.6 Å². The van der Waals surface area contributed by atoms with Gasteiger partial charge in [0.1, 0.15) is 11.6 Å². The standard InChI is InChI=1S/C32H28F2N2O/c33-26-11-6-10-24(19-26)31(37)36-22-32(29-20-27(34)13-14-30(29)36)15-17-35(18-16-32)21-25-9-4-5-12-28(25)23-7-2-1-3-8-23/h1-14,19-20H,15-18,21-22H2. The zero-order valence-electron chi connectivity index (χ0n) is 20.5. The molecule has 2 aliphatic rings. The Morgan fingerprint density at radius 3 is 2.30 bits per heavy atom. The largest absolute Gasteiger partial charge is 0.307 e. The number of nitrogens with zero attached hydrogens (tertiary/aromatic N) is 2. The normalized spacial score (nSPS) is 16.6. The van der Waals surface area contributed by atoms with Crippen molar-refractivity contribution in [3.63, 3.8) is 0 Å². The molecular weight excluding hydrogens is 466 g/mol. The van der Waals surface area contributed by atoms with Crippen molar-refractivity contribution in [1.29, 1.82) is 0 Å². The van der Waals surface area contributed by atoms with Gasteiger partial charge in [-0.15, -0.1) is 0 Å². The number of halogens is 2. The SMILES string of the molecule is O=C(c1cccc(F)c1)N1CC2(CCN(Cc3ccccc3-c3ccccc3)CC2)c2cc(F)ccc21. The van der Waals surface area contributed by atoms with E-state index >= 15 is 0 Å². The molecule has 37 heavy (non-hydrogen) atoms. The number of fused-ring (bicyclic) bond motifs is 2. The molecule has 2 heterocycles. The molecule has 0 radical (unpaired) electrons. The van der Waals surface area contributed by atoms with E-state index in [0.717, 1.165) is 43.7 Å². The van der Waals surface area contributed by atoms with Crippen molar-refractivity contribution in [1.82, 2.24) is 4.90 Å². The average molecular weight is 495 g/mol. The van der Waals surface area contributed by atoms with Gasteiger partial charge in [-0.3, -0.25) is 9.69 Å². The van der Waals surface area contributed by atoms with Crippen molar-refractivity contribution in [2.45, 2.75) is 24.8 Å². The monoisotopic (exact) mass is 494 g/mol. The van der Waals surface area contributed by atoms with Crippen molar-refractivity contribution < 1.29 is 13.6 Å². The number of amides is 1. The molecule has 5 heteroatoms. The molecule has 1 saturated heterocycles. The van der Waals surface area contributed by atoms with E-state index in [-0.39, 0.29) is 17.1 Å². The Balaban J connectivity index is 1.24. The third-order valence-corrected chi connectivity index (χ3v) is 7.91. The Labute approximate surface area is 216 Å². The summed E-state index contributed by atoms with van der Waals surface area (Å²) in [7, 11) is 0. The zero-order valence-corrected chi connectivity index (χ0v) is 20.5. The van der Waals surface area contributed by atoms with Gasteiger partial charge >= 0.3 is 0 Å². The predicted molar refractivity (Wildman–Crippen MR) is 143 cm³/mol. The Morgan fingerprint density at radius 2 is 1.51 bits per heavy atom. The third kappa shape index (κ3) is 4.44. The molecule has 1 fully saturated rings. The number of hydrogen-bond donors (Lipinski definition) is 0. The molecule has 186 valence electrons. The van der Waals surface area contributed by atoms with E-state index < -0.39 is 5.82 Å².